The fourth-order valence-corrected chi connectivity index (χ4v) is 8.36. The Morgan fingerprint density at radius 2 is 1.81 bits per heavy atom. The van der Waals surface area contributed by atoms with Crippen LogP contribution in [0, 0.1) is 40.4 Å². The smallest absolute Gasteiger partial charge is 0.0577 e. The van der Waals surface area contributed by atoms with E-state index in [1.807, 2.05) is 0 Å². The molecule has 0 aliphatic heterocycles. The van der Waals surface area contributed by atoms with Crippen molar-refractivity contribution in [1.82, 2.24) is 0 Å². The highest BCUT2D eigenvalue weighted by Gasteiger charge is 2.58. The molecule has 0 heterocycles. The van der Waals surface area contributed by atoms with E-state index in [1.165, 1.54) is 64.2 Å². The number of hydrogen-bond acceptors (Lipinski definition) is 1. The van der Waals surface area contributed by atoms with E-state index in [-0.39, 0.29) is 6.10 Å². The molecule has 4 aliphatic rings. The molecule has 3 fully saturated rings. The zero-order valence-corrected chi connectivity index (χ0v) is 18.5. The molecule has 4 aliphatic carbocycles. The lowest BCUT2D eigenvalue weighted by Crippen LogP contribution is -2.50. The van der Waals surface area contributed by atoms with Gasteiger partial charge in [-0.15, -0.1) is 0 Å². The van der Waals surface area contributed by atoms with Gasteiger partial charge in [-0.1, -0.05) is 58.6 Å². The zero-order valence-electron chi connectivity index (χ0n) is 18.5. The van der Waals surface area contributed by atoms with Crippen LogP contribution in [0.4, 0.5) is 0 Å². The molecule has 1 heteroatoms. The maximum atomic E-state index is 10.2. The third kappa shape index (κ3) is 3.24. The molecule has 0 aromatic carbocycles. The van der Waals surface area contributed by atoms with E-state index in [2.05, 4.69) is 33.8 Å². The molecule has 0 saturated heterocycles. The molecule has 0 bridgehead atoms. The van der Waals surface area contributed by atoms with Crippen LogP contribution in [-0.2, 0) is 0 Å². The van der Waals surface area contributed by atoms with E-state index < -0.39 is 0 Å². The van der Waals surface area contributed by atoms with Crippen molar-refractivity contribution in [2.75, 3.05) is 0 Å². The van der Waals surface area contributed by atoms with Crippen molar-refractivity contribution in [3.63, 3.8) is 0 Å². The summed E-state index contributed by atoms with van der Waals surface area (Å²) in [5.74, 6) is 4.71. The average molecular weight is 373 g/mol. The molecule has 3 saturated carbocycles. The monoisotopic (exact) mass is 372 g/mol. The first-order valence-electron chi connectivity index (χ1n) is 12.3. The quantitative estimate of drug-likeness (QED) is 0.508. The second-order valence-corrected chi connectivity index (χ2v) is 11.2. The third-order valence-electron chi connectivity index (χ3n) is 10.4. The lowest BCUT2D eigenvalue weighted by molar-refractivity contribution is -0.0512. The molecule has 0 spiro atoms. The van der Waals surface area contributed by atoms with Crippen LogP contribution in [0.1, 0.15) is 105 Å². The fraction of sp³-hybridized carbons (Fsp3) is 0.923. The molecule has 0 unspecified atom stereocenters. The number of aliphatic hydroxyl groups is 1. The van der Waals surface area contributed by atoms with Crippen LogP contribution in [0.15, 0.2) is 11.6 Å². The van der Waals surface area contributed by atoms with E-state index in [1.54, 1.807) is 5.57 Å². The van der Waals surface area contributed by atoms with Crippen LogP contribution >= 0.6 is 0 Å². The molecule has 0 amide bonds. The van der Waals surface area contributed by atoms with Crippen molar-refractivity contribution in [3.8, 4) is 0 Å². The summed E-state index contributed by atoms with van der Waals surface area (Å²) in [5.41, 5.74) is 2.63. The lowest BCUT2D eigenvalue weighted by Gasteiger charge is -2.58. The molecule has 7 atom stereocenters. The van der Waals surface area contributed by atoms with Gasteiger partial charge in [0.05, 0.1) is 6.10 Å². The summed E-state index contributed by atoms with van der Waals surface area (Å²) >= 11 is 0. The Kier molecular flexibility index (Phi) is 5.56. The minimum absolute atomic E-state index is 0.0735. The topological polar surface area (TPSA) is 20.2 Å². The maximum Gasteiger partial charge on any atom is 0.0577 e. The summed E-state index contributed by atoms with van der Waals surface area (Å²) in [6.07, 6.45) is 18.6. The highest BCUT2D eigenvalue weighted by molar-refractivity contribution is 5.25. The highest BCUT2D eigenvalue weighted by atomic mass is 16.3. The first kappa shape index (κ1) is 20.0. The Bertz CT molecular complexity index is 561. The molecule has 0 aromatic rings. The summed E-state index contributed by atoms with van der Waals surface area (Å²) in [6, 6.07) is 0. The minimum Gasteiger partial charge on any atom is -0.393 e. The number of fused-ring (bicyclic) bond motifs is 5. The standard InChI is InChI=1S/C26H44O/c1-5-18(6-2)7-8-19-10-12-23-22-11-9-20-17-21(27)13-15-26(20,4)24(22)14-16-25(19,23)3/h9,18-19,21-24,27H,5-8,10-17H2,1-4H3/t19-,21-,22-,23-,24-,25+,26-/m0/s1. The SMILES string of the molecule is CCC(CC)CC[C@H]1CC[C@H]2[C@@H]3CC=C4C[C@@H](O)CC[C@]4(C)[C@H]3CC[C@]12C. The van der Waals surface area contributed by atoms with Gasteiger partial charge in [-0.05, 0) is 98.2 Å². The number of rotatable bonds is 5. The van der Waals surface area contributed by atoms with Crippen molar-refractivity contribution in [1.29, 1.82) is 0 Å². The van der Waals surface area contributed by atoms with Gasteiger partial charge in [0.25, 0.3) is 0 Å². The molecule has 1 N–H and O–H groups in total. The predicted molar refractivity (Wildman–Crippen MR) is 115 cm³/mol. The Hall–Kier alpha value is -0.300. The van der Waals surface area contributed by atoms with Crippen LogP contribution in [0.3, 0.4) is 0 Å². The predicted octanol–water partition coefficient (Wildman–Crippen LogP) is 7.14. The minimum atomic E-state index is -0.0735. The molecule has 27 heavy (non-hydrogen) atoms. The van der Waals surface area contributed by atoms with Crippen LogP contribution in [-0.4, -0.2) is 11.2 Å². The van der Waals surface area contributed by atoms with Gasteiger partial charge in [-0.25, -0.2) is 0 Å². The highest BCUT2D eigenvalue weighted by Crippen LogP contribution is 2.66. The van der Waals surface area contributed by atoms with Crippen molar-refractivity contribution in [3.05, 3.63) is 11.6 Å². The van der Waals surface area contributed by atoms with Crippen molar-refractivity contribution >= 4 is 0 Å². The Labute approximate surface area is 168 Å². The van der Waals surface area contributed by atoms with Gasteiger partial charge >= 0.3 is 0 Å². The van der Waals surface area contributed by atoms with Crippen LogP contribution in [0.5, 0.6) is 0 Å². The van der Waals surface area contributed by atoms with Crippen molar-refractivity contribution in [2.24, 2.45) is 40.4 Å². The average Bonchev–Trinajstić information content (AvgIpc) is 3.00. The van der Waals surface area contributed by atoms with Crippen molar-refractivity contribution in [2.45, 2.75) is 111 Å². The van der Waals surface area contributed by atoms with Crippen LogP contribution < -0.4 is 0 Å². The summed E-state index contributed by atoms with van der Waals surface area (Å²) in [5, 5.41) is 10.2. The summed E-state index contributed by atoms with van der Waals surface area (Å²) in [7, 11) is 0. The maximum absolute atomic E-state index is 10.2. The Morgan fingerprint density at radius 3 is 2.56 bits per heavy atom. The second kappa shape index (κ2) is 7.51. The van der Waals surface area contributed by atoms with Crippen LogP contribution in [0.25, 0.3) is 0 Å². The summed E-state index contributed by atoms with van der Waals surface area (Å²) < 4.78 is 0. The van der Waals surface area contributed by atoms with Gasteiger partial charge in [0.2, 0.25) is 0 Å². The lowest BCUT2D eigenvalue weighted by atomic mass is 9.47. The Balaban J connectivity index is 1.50. The summed E-state index contributed by atoms with van der Waals surface area (Å²) in [6.45, 7) is 10.0. The fourth-order valence-electron chi connectivity index (χ4n) is 8.36. The largest absolute Gasteiger partial charge is 0.393 e. The van der Waals surface area contributed by atoms with Crippen molar-refractivity contribution < 1.29 is 5.11 Å². The van der Waals surface area contributed by atoms with Gasteiger partial charge in [0, 0.05) is 0 Å². The molecule has 154 valence electrons. The van der Waals surface area contributed by atoms with Gasteiger partial charge in [-0.3, -0.25) is 0 Å². The normalized spacial score (nSPS) is 46.6. The first-order valence-corrected chi connectivity index (χ1v) is 12.3. The van der Waals surface area contributed by atoms with E-state index >= 15 is 0 Å². The van der Waals surface area contributed by atoms with E-state index in [0.717, 1.165) is 42.4 Å². The van der Waals surface area contributed by atoms with Crippen LogP contribution in [0.2, 0.25) is 0 Å². The number of hydrogen-bond donors (Lipinski definition) is 1. The molecule has 1 nitrogen and oxygen atoms in total. The summed E-state index contributed by atoms with van der Waals surface area (Å²) in [4.78, 5) is 0. The molecule has 0 aromatic heterocycles. The van der Waals surface area contributed by atoms with Gasteiger partial charge < -0.3 is 5.11 Å². The van der Waals surface area contributed by atoms with E-state index in [0.29, 0.717) is 10.8 Å². The molecule has 0 radical (unpaired) electrons. The molecule has 4 rings (SSSR count). The van der Waals surface area contributed by atoms with Gasteiger partial charge in [0.15, 0.2) is 0 Å². The van der Waals surface area contributed by atoms with Gasteiger partial charge in [0.1, 0.15) is 0 Å². The number of aliphatic hydroxyl groups excluding tert-OH is 1. The zero-order chi connectivity index (χ0) is 19.2. The third-order valence-corrected chi connectivity index (χ3v) is 10.4. The second-order valence-electron chi connectivity index (χ2n) is 11.2. The molecular weight excluding hydrogens is 328 g/mol. The Morgan fingerprint density at radius 1 is 1.04 bits per heavy atom. The van der Waals surface area contributed by atoms with E-state index in [9.17, 15) is 5.11 Å². The first-order chi connectivity index (χ1) is 12.9. The van der Waals surface area contributed by atoms with E-state index in [4.69, 9.17) is 0 Å². The molecular formula is C26H44O. The number of allylic oxidation sites excluding steroid dienone is 1. The van der Waals surface area contributed by atoms with Gasteiger partial charge in [-0.2, -0.15) is 0 Å².